The molecule has 0 amide bonds. The Morgan fingerprint density at radius 3 is 2.56 bits per heavy atom. The zero-order chi connectivity index (χ0) is 13.0. The van der Waals surface area contributed by atoms with Gasteiger partial charge in [-0.1, -0.05) is 12.1 Å². The Kier molecular flexibility index (Phi) is 4.52. The molecule has 1 fully saturated rings. The van der Waals surface area contributed by atoms with Crippen LogP contribution in [0.1, 0.15) is 6.92 Å². The predicted molar refractivity (Wildman–Crippen MR) is 66.7 cm³/mol. The van der Waals surface area contributed by atoms with E-state index in [1.54, 1.807) is 30.2 Å². The van der Waals surface area contributed by atoms with E-state index in [9.17, 15) is 9.50 Å². The Hall–Kier alpha value is -1.17. The van der Waals surface area contributed by atoms with Crippen molar-refractivity contribution in [3.05, 3.63) is 30.1 Å². The van der Waals surface area contributed by atoms with Gasteiger partial charge in [-0.15, -0.1) is 5.06 Å². The molecular formula is C13H19FN2O2. The molecule has 0 spiro atoms. The van der Waals surface area contributed by atoms with Gasteiger partial charge in [0.05, 0.1) is 6.10 Å². The average Bonchev–Trinajstić information content (AvgIpc) is 2.34. The van der Waals surface area contributed by atoms with Crippen molar-refractivity contribution in [1.29, 1.82) is 0 Å². The van der Waals surface area contributed by atoms with Gasteiger partial charge in [0.25, 0.3) is 0 Å². The number of rotatable bonds is 4. The molecular weight excluding hydrogens is 235 g/mol. The number of aliphatic hydroxyl groups excluding tert-OH is 1. The molecule has 100 valence electrons. The first-order valence-corrected chi connectivity index (χ1v) is 6.23. The van der Waals surface area contributed by atoms with Crippen LogP contribution in [-0.4, -0.2) is 53.9 Å². The fourth-order valence-corrected chi connectivity index (χ4v) is 2.03. The first kappa shape index (κ1) is 13.3. The summed E-state index contributed by atoms with van der Waals surface area (Å²) in [5.74, 6) is -0.0783. The number of para-hydroxylation sites is 1. The number of β-amino-alcohol motifs (C(OH)–C–C–N with tert-alkyl or cyclic N) is 1. The van der Waals surface area contributed by atoms with Gasteiger partial charge in [-0.3, -0.25) is 4.90 Å². The van der Waals surface area contributed by atoms with Crippen LogP contribution in [0, 0.1) is 5.82 Å². The molecule has 1 heterocycles. The molecule has 4 nitrogen and oxygen atoms in total. The normalized spacial score (nSPS) is 19.7. The molecule has 1 N–H and O–H groups in total. The van der Waals surface area contributed by atoms with Crippen molar-refractivity contribution in [2.24, 2.45) is 0 Å². The molecule has 18 heavy (non-hydrogen) atoms. The van der Waals surface area contributed by atoms with Gasteiger partial charge >= 0.3 is 0 Å². The quantitative estimate of drug-likeness (QED) is 0.873. The van der Waals surface area contributed by atoms with Gasteiger partial charge in [0.1, 0.15) is 0 Å². The average molecular weight is 254 g/mol. The minimum Gasteiger partial charge on any atom is -0.403 e. The molecule has 0 aromatic heterocycles. The zero-order valence-corrected chi connectivity index (χ0v) is 10.6. The van der Waals surface area contributed by atoms with E-state index in [4.69, 9.17) is 4.84 Å². The van der Waals surface area contributed by atoms with E-state index in [-0.39, 0.29) is 17.7 Å². The number of piperazine rings is 1. The second-order valence-electron chi connectivity index (χ2n) is 4.60. The highest BCUT2D eigenvalue weighted by atomic mass is 19.1. The van der Waals surface area contributed by atoms with Gasteiger partial charge in [-0.25, -0.2) is 4.39 Å². The van der Waals surface area contributed by atoms with Gasteiger partial charge in [0, 0.05) is 32.7 Å². The van der Waals surface area contributed by atoms with Crippen molar-refractivity contribution in [1.82, 2.24) is 9.96 Å². The van der Waals surface area contributed by atoms with Crippen molar-refractivity contribution in [3.63, 3.8) is 0 Å². The van der Waals surface area contributed by atoms with E-state index in [2.05, 4.69) is 4.90 Å². The highest BCUT2D eigenvalue weighted by Gasteiger charge is 2.19. The molecule has 1 unspecified atom stereocenters. The lowest BCUT2D eigenvalue weighted by Crippen LogP contribution is -2.49. The van der Waals surface area contributed by atoms with E-state index in [1.807, 2.05) is 0 Å². The van der Waals surface area contributed by atoms with Crippen molar-refractivity contribution in [2.75, 3.05) is 32.7 Å². The van der Waals surface area contributed by atoms with Crippen LogP contribution in [0.15, 0.2) is 24.3 Å². The number of aliphatic hydroxyl groups is 1. The minimum absolute atomic E-state index is 0.265. The standard InChI is InChI=1S/C13H19FN2O2/c1-11(17)10-15-6-8-16(9-7-15)18-13-5-3-2-4-12(13)14/h2-5,11,17H,6-10H2,1H3. The summed E-state index contributed by atoms with van der Waals surface area (Å²) in [5, 5.41) is 11.1. The molecule has 1 aromatic rings. The lowest BCUT2D eigenvalue weighted by molar-refractivity contribution is -0.0940. The number of nitrogens with zero attached hydrogens (tertiary/aromatic N) is 2. The van der Waals surface area contributed by atoms with Crippen LogP contribution in [-0.2, 0) is 0 Å². The van der Waals surface area contributed by atoms with Crippen LogP contribution in [0.25, 0.3) is 0 Å². The van der Waals surface area contributed by atoms with E-state index in [1.165, 1.54) is 6.07 Å². The van der Waals surface area contributed by atoms with Crippen molar-refractivity contribution < 1.29 is 14.3 Å². The summed E-state index contributed by atoms with van der Waals surface area (Å²) in [5.41, 5.74) is 0. The van der Waals surface area contributed by atoms with Crippen molar-refractivity contribution in [2.45, 2.75) is 13.0 Å². The highest BCUT2D eigenvalue weighted by Crippen LogP contribution is 2.17. The fraction of sp³-hybridized carbons (Fsp3) is 0.538. The lowest BCUT2D eigenvalue weighted by Gasteiger charge is -2.34. The smallest absolute Gasteiger partial charge is 0.183 e. The summed E-state index contributed by atoms with van der Waals surface area (Å²) >= 11 is 0. The second-order valence-corrected chi connectivity index (χ2v) is 4.60. The summed E-state index contributed by atoms with van der Waals surface area (Å²) in [6.45, 7) is 5.51. The highest BCUT2D eigenvalue weighted by molar-refractivity contribution is 5.23. The second kappa shape index (κ2) is 6.13. The summed E-state index contributed by atoms with van der Waals surface area (Å²) in [4.78, 5) is 7.68. The van der Waals surface area contributed by atoms with Gasteiger partial charge in [0.15, 0.2) is 11.6 Å². The molecule has 0 bridgehead atoms. The Bertz CT molecular complexity index is 379. The summed E-state index contributed by atoms with van der Waals surface area (Å²) in [7, 11) is 0. The molecule has 1 aliphatic rings. The van der Waals surface area contributed by atoms with Gasteiger partial charge in [-0.05, 0) is 19.1 Å². The Morgan fingerprint density at radius 1 is 1.28 bits per heavy atom. The molecule has 1 saturated heterocycles. The van der Waals surface area contributed by atoms with Crippen LogP contribution >= 0.6 is 0 Å². The molecule has 0 aliphatic carbocycles. The molecule has 1 aliphatic heterocycles. The maximum atomic E-state index is 13.4. The van der Waals surface area contributed by atoms with Gasteiger partial charge in [-0.2, -0.15) is 0 Å². The third-order valence-corrected chi connectivity index (χ3v) is 2.92. The maximum Gasteiger partial charge on any atom is 0.183 e. The van der Waals surface area contributed by atoms with Gasteiger partial charge < -0.3 is 9.94 Å². The van der Waals surface area contributed by atoms with Crippen LogP contribution in [0.5, 0.6) is 5.75 Å². The number of hydroxylamine groups is 2. The third kappa shape index (κ3) is 3.66. The lowest BCUT2D eigenvalue weighted by atomic mass is 10.3. The minimum atomic E-state index is -0.344. The Morgan fingerprint density at radius 2 is 1.94 bits per heavy atom. The third-order valence-electron chi connectivity index (χ3n) is 2.92. The number of benzene rings is 1. The van der Waals surface area contributed by atoms with Gasteiger partial charge in [0.2, 0.25) is 0 Å². The van der Waals surface area contributed by atoms with Crippen LogP contribution in [0.3, 0.4) is 0 Å². The predicted octanol–water partition coefficient (Wildman–Crippen LogP) is 1.12. The Labute approximate surface area is 107 Å². The molecule has 5 heteroatoms. The first-order chi connectivity index (χ1) is 8.65. The van der Waals surface area contributed by atoms with E-state index >= 15 is 0 Å². The number of hydrogen-bond acceptors (Lipinski definition) is 4. The monoisotopic (exact) mass is 254 g/mol. The molecule has 1 aromatic carbocycles. The Balaban J connectivity index is 1.82. The zero-order valence-electron chi connectivity index (χ0n) is 10.6. The van der Waals surface area contributed by atoms with Crippen LogP contribution in [0.2, 0.25) is 0 Å². The van der Waals surface area contributed by atoms with Crippen molar-refractivity contribution in [3.8, 4) is 5.75 Å². The molecule has 0 saturated carbocycles. The fourth-order valence-electron chi connectivity index (χ4n) is 2.03. The molecule has 1 atom stereocenters. The summed E-state index contributed by atoms with van der Waals surface area (Å²) < 4.78 is 13.4. The van der Waals surface area contributed by atoms with Crippen molar-refractivity contribution >= 4 is 0 Å². The first-order valence-electron chi connectivity index (χ1n) is 6.23. The summed E-state index contributed by atoms with van der Waals surface area (Å²) in [6, 6.07) is 6.40. The maximum absolute atomic E-state index is 13.4. The molecule has 2 rings (SSSR count). The van der Waals surface area contributed by atoms with E-state index in [0.29, 0.717) is 19.6 Å². The molecule has 0 radical (unpaired) electrons. The van der Waals surface area contributed by atoms with E-state index < -0.39 is 0 Å². The topological polar surface area (TPSA) is 35.9 Å². The SMILES string of the molecule is CC(O)CN1CCN(Oc2ccccc2F)CC1. The van der Waals surface area contributed by atoms with Crippen LogP contribution < -0.4 is 4.84 Å². The number of hydrogen-bond donors (Lipinski definition) is 1. The largest absolute Gasteiger partial charge is 0.403 e. The summed E-state index contributed by atoms with van der Waals surface area (Å²) in [6.07, 6.45) is -0.316. The number of halogens is 1. The van der Waals surface area contributed by atoms with E-state index in [0.717, 1.165) is 13.1 Å². The van der Waals surface area contributed by atoms with Crippen LogP contribution in [0.4, 0.5) is 4.39 Å².